The highest BCUT2D eigenvalue weighted by Gasteiger charge is 2.49. The summed E-state index contributed by atoms with van der Waals surface area (Å²) in [5, 5.41) is 10.0. The lowest BCUT2D eigenvalue weighted by atomic mass is 9.93. The third-order valence-electron chi connectivity index (χ3n) is 5.24. The van der Waals surface area contributed by atoms with Crippen molar-refractivity contribution in [1.82, 2.24) is 0 Å². The summed E-state index contributed by atoms with van der Waals surface area (Å²) in [4.78, 5) is 36.3. The van der Waals surface area contributed by atoms with Crippen LogP contribution in [0.1, 0.15) is 38.0 Å². The first kappa shape index (κ1) is 22.1. The molecule has 1 aliphatic rings. The van der Waals surface area contributed by atoms with Gasteiger partial charge >= 0.3 is 17.6 Å². The summed E-state index contributed by atoms with van der Waals surface area (Å²) in [6.07, 6.45) is 0.870. The molecule has 0 radical (unpaired) electrons. The molecule has 0 saturated carbocycles. The molecule has 2 aromatic carbocycles. The fourth-order valence-corrected chi connectivity index (χ4v) is 3.83. The molecule has 1 N–H and O–H groups in total. The highest BCUT2D eigenvalue weighted by molar-refractivity contribution is 5.88. The smallest absolute Gasteiger partial charge is 0.336 e. The molecule has 2 atom stereocenters. The molecule has 2 heterocycles. The predicted octanol–water partition coefficient (Wildman–Crippen LogP) is 3.90. The first-order valence-electron chi connectivity index (χ1n) is 10.2. The van der Waals surface area contributed by atoms with Crippen LogP contribution >= 0.6 is 0 Å². The Morgan fingerprint density at radius 3 is 2.45 bits per heavy atom. The molecular weight excluding hydrogens is 428 g/mol. The Bertz CT molecular complexity index is 1300. The topological polar surface area (TPSA) is 112 Å². The Balaban J connectivity index is 1.72. The van der Waals surface area contributed by atoms with Crippen molar-refractivity contribution in [3.63, 3.8) is 0 Å². The average Bonchev–Trinajstić information content (AvgIpc) is 3.12. The van der Waals surface area contributed by atoms with Crippen molar-refractivity contribution < 1.29 is 33.3 Å². The second kappa shape index (κ2) is 8.46. The molecule has 8 heteroatoms. The van der Waals surface area contributed by atoms with Gasteiger partial charge in [-0.2, -0.15) is 0 Å². The van der Waals surface area contributed by atoms with E-state index in [0.717, 1.165) is 0 Å². The predicted molar refractivity (Wildman–Crippen MR) is 119 cm³/mol. The lowest BCUT2D eigenvalue weighted by molar-refractivity contribution is -0.173. The number of esters is 2. The summed E-state index contributed by atoms with van der Waals surface area (Å²) >= 11 is 0. The molecule has 0 spiro atoms. The van der Waals surface area contributed by atoms with E-state index in [9.17, 15) is 19.5 Å². The van der Waals surface area contributed by atoms with Gasteiger partial charge in [0.25, 0.3) is 0 Å². The maximum Gasteiger partial charge on any atom is 0.336 e. The number of hydrogen-bond donors (Lipinski definition) is 1. The third-order valence-corrected chi connectivity index (χ3v) is 5.24. The molecule has 170 valence electrons. The quantitative estimate of drug-likeness (QED) is 0.354. The summed E-state index contributed by atoms with van der Waals surface area (Å²) in [6.45, 7) is 4.58. The minimum atomic E-state index is -1.17. The summed E-state index contributed by atoms with van der Waals surface area (Å²) in [5.74, 6) is -0.725. The van der Waals surface area contributed by atoms with Gasteiger partial charge in [0.2, 0.25) is 0 Å². The molecule has 4 rings (SSSR count). The number of hydrogen-bond acceptors (Lipinski definition) is 8. The Labute approximate surface area is 189 Å². The summed E-state index contributed by atoms with van der Waals surface area (Å²) < 4.78 is 22.7. The summed E-state index contributed by atoms with van der Waals surface area (Å²) in [7, 11) is 0. The minimum Gasteiger partial charge on any atom is -0.508 e. The number of benzene rings is 2. The van der Waals surface area contributed by atoms with Crippen LogP contribution in [0.3, 0.4) is 0 Å². The Kier molecular flexibility index (Phi) is 5.68. The number of aromatic hydroxyl groups is 1. The van der Waals surface area contributed by atoms with Crippen LogP contribution in [0.25, 0.3) is 17.0 Å². The number of phenols is 1. The van der Waals surface area contributed by atoms with E-state index in [-0.39, 0.29) is 11.3 Å². The number of carbonyl (C=O) groups is 2. The lowest BCUT2D eigenvalue weighted by Crippen LogP contribution is -2.46. The van der Waals surface area contributed by atoms with Crippen LogP contribution in [0.5, 0.6) is 11.5 Å². The summed E-state index contributed by atoms with van der Waals surface area (Å²) in [6, 6.07) is 12.6. The molecule has 0 saturated heterocycles. The molecule has 0 bridgehead atoms. The van der Waals surface area contributed by atoms with Crippen LogP contribution in [0.15, 0.2) is 63.8 Å². The van der Waals surface area contributed by atoms with Gasteiger partial charge in [-0.25, -0.2) is 9.59 Å². The second-order valence-electron chi connectivity index (χ2n) is 8.17. The number of fused-ring (bicyclic) bond motifs is 3. The number of phenolic OH excluding ortho intramolecular Hbond substituents is 1. The maximum absolute atomic E-state index is 12.7. The normalized spacial score (nSPS) is 17.5. The van der Waals surface area contributed by atoms with Crippen molar-refractivity contribution in [3.8, 4) is 11.5 Å². The molecule has 3 aromatic rings. The number of rotatable bonds is 5. The average molecular weight is 450 g/mol. The van der Waals surface area contributed by atoms with Gasteiger partial charge in [0.15, 0.2) is 12.2 Å². The molecule has 0 amide bonds. The van der Waals surface area contributed by atoms with Crippen LogP contribution < -0.4 is 10.4 Å². The van der Waals surface area contributed by atoms with Crippen LogP contribution in [-0.2, 0) is 19.1 Å². The van der Waals surface area contributed by atoms with Gasteiger partial charge in [-0.3, -0.25) is 4.79 Å². The fourth-order valence-electron chi connectivity index (χ4n) is 3.83. The highest BCUT2D eigenvalue weighted by atomic mass is 16.6. The first-order valence-corrected chi connectivity index (χ1v) is 10.2. The second-order valence-corrected chi connectivity index (χ2v) is 8.17. The standard InChI is InChI=1S/C25H22O8/c1-14(26)33-25(2,3)24-23(32-19(28)12-6-15-4-9-17(27)10-5-15)21-18(30-24)11-7-16-8-13-20(29)31-22(16)21/h4-13,23-24,27H,1-3H3/t23-,24-/m1/s1. The van der Waals surface area contributed by atoms with E-state index in [0.29, 0.717) is 22.3 Å². The van der Waals surface area contributed by atoms with Crippen LogP contribution in [-0.4, -0.2) is 28.8 Å². The molecule has 8 nitrogen and oxygen atoms in total. The van der Waals surface area contributed by atoms with E-state index in [1.165, 1.54) is 37.3 Å². The summed E-state index contributed by atoms with van der Waals surface area (Å²) in [5.41, 5.74) is -0.419. The van der Waals surface area contributed by atoms with Gasteiger partial charge in [0.05, 0.1) is 5.56 Å². The van der Waals surface area contributed by atoms with E-state index >= 15 is 0 Å². The van der Waals surface area contributed by atoms with E-state index in [2.05, 4.69) is 0 Å². The first-order chi connectivity index (χ1) is 15.6. The molecule has 0 aliphatic carbocycles. The largest absolute Gasteiger partial charge is 0.508 e. The van der Waals surface area contributed by atoms with Gasteiger partial charge in [0.1, 0.15) is 22.7 Å². The van der Waals surface area contributed by atoms with Crippen molar-refractivity contribution in [3.05, 3.63) is 76.2 Å². The Morgan fingerprint density at radius 2 is 1.76 bits per heavy atom. The van der Waals surface area contributed by atoms with Crippen molar-refractivity contribution in [1.29, 1.82) is 0 Å². The minimum absolute atomic E-state index is 0.110. The monoisotopic (exact) mass is 450 g/mol. The van der Waals surface area contributed by atoms with Gasteiger partial charge in [-0.05, 0) is 55.8 Å². The van der Waals surface area contributed by atoms with Crippen molar-refractivity contribution >= 4 is 29.0 Å². The molecule has 33 heavy (non-hydrogen) atoms. The van der Waals surface area contributed by atoms with E-state index in [4.69, 9.17) is 18.6 Å². The van der Waals surface area contributed by atoms with Gasteiger partial charge in [0, 0.05) is 24.5 Å². The molecule has 1 aliphatic heterocycles. The van der Waals surface area contributed by atoms with Crippen LogP contribution in [0.4, 0.5) is 0 Å². The Morgan fingerprint density at radius 1 is 1.06 bits per heavy atom. The molecular formula is C25H22O8. The van der Waals surface area contributed by atoms with E-state index in [1.807, 2.05) is 0 Å². The zero-order valence-corrected chi connectivity index (χ0v) is 18.2. The van der Waals surface area contributed by atoms with Crippen molar-refractivity contribution in [2.24, 2.45) is 0 Å². The third kappa shape index (κ3) is 4.59. The molecule has 1 aromatic heterocycles. The Hall–Kier alpha value is -4.07. The van der Waals surface area contributed by atoms with Gasteiger partial charge < -0.3 is 23.7 Å². The van der Waals surface area contributed by atoms with Gasteiger partial charge in [-0.1, -0.05) is 12.1 Å². The highest BCUT2D eigenvalue weighted by Crippen LogP contribution is 2.47. The fraction of sp³-hybridized carbons (Fsp3) is 0.240. The van der Waals surface area contributed by atoms with Gasteiger partial charge in [-0.15, -0.1) is 0 Å². The van der Waals surface area contributed by atoms with Crippen LogP contribution in [0.2, 0.25) is 0 Å². The number of ether oxygens (including phenoxy) is 3. The van der Waals surface area contributed by atoms with E-state index < -0.39 is 35.4 Å². The van der Waals surface area contributed by atoms with Crippen molar-refractivity contribution in [2.75, 3.05) is 0 Å². The SMILES string of the molecule is CC(=O)OC(C)(C)[C@@H]1Oc2ccc3ccc(=O)oc3c2[C@H]1OC(=O)C=Cc1ccc(O)cc1. The molecule has 0 unspecified atom stereocenters. The zero-order chi connectivity index (χ0) is 23.8. The molecule has 0 fully saturated rings. The van der Waals surface area contributed by atoms with E-state index in [1.54, 1.807) is 44.2 Å². The lowest BCUT2D eigenvalue weighted by Gasteiger charge is -2.33. The zero-order valence-electron chi connectivity index (χ0n) is 18.2. The maximum atomic E-state index is 12.7. The number of carbonyl (C=O) groups excluding carboxylic acids is 2. The van der Waals surface area contributed by atoms with Crippen LogP contribution in [0, 0.1) is 0 Å². The van der Waals surface area contributed by atoms with Crippen molar-refractivity contribution in [2.45, 2.75) is 38.6 Å².